The number of nitrogens with zero attached hydrogens (tertiary/aromatic N) is 1. The van der Waals surface area contributed by atoms with E-state index in [1.807, 2.05) is 13.8 Å². The largest absolute Gasteiger partial charge is 0.323 e. The number of anilines is 1. The molecule has 0 fully saturated rings. The van der Waals surface area contributed by atoms with E-state index in [1.165, 1.54) is 0 Å². The molecule has 1 amide bonds. The van der Waals surface area contributed by atoms with Crippen LogP contribution in [0.4, 0.5) is 5.69 Å². The van der Waals surface area contributed by atoms with Crippen molar-refractivity contribution in [1.82, 2.24) is 10.2 Å². The van der Waals surface area contributed by atoms with Gasteiger partial charge in [-0.2, -0.15) is 5.10 Å². The van der Waals surface area contributed by atoms with E-state index >= 15 is 0 Å². The lowest BCUT2D eigenvalue weighted by Crippen LogP contribution is -2.21. The maximum atomic E-state index is 11.8. The molecular formula is C11H15N3O. The monoisotopic (exact) mass is 205 g/mol. The summed E-state index contributed by atoms with van der Waals surface area (Å²) in [5.41, 5.74) is 2.57. The number of H-pyrrole nitrogens is 1. The first kappa shape index (κ1) is 9.96. The minimum atomic E-state index is 0.0904. The topological polar surface area (TPSA) is 57.8 Å². The smallest absolute Gasteiger partial charge is 0.228 e. The Kier molecular flexibility index (Phi) is 2.58. The average molecular weight is 205 g/mol. The second-order valence-electron chi connectivity index (χ2n) is 3.94. The Bertz CT molecular complexity index is 378. The lowest BCUT2D eigenvalue weighted by Gasteiger charge is -2.10. The number of amides is 1. The van der Waals surface area contributed by atoms with Gasteiger partial charge in [0.25, 0.3) is 0 Å². The summed E-state index contributed by atoms with van der Waals surface area (Å²) >= 11 is 0. The number of carbonyl (C=O) groups excluding carboxylic acids is 1. The fourth-order valence-corrected chi connectivity index (χ4v) is 1.79. The highest BCUT2D eigenvalue weighted by Gasteiger charge is 2.20. The van der Waals surface area contributed by atoms with Gasteiger partial charge in [0.2, 0.25) is 5.91 Å². The van der Waals surface area contributed by atoms with Gasteiger partial charge < -0.3 is 5.32 Å². The molecule has 4 heteroatoms. The van der Waals surface area contributed by atoms with Crippen LogP contribution in [-0.4, -0.2) is 16.1 Å². The summed E-state index contributed by atoms with van der Waals surface area (Å²) in [5.74, 6) is 0.186. The standard InChI is InChI=1S/C11H15N3O/c1-7-10(8(2)14-13-7)12-11(15)9-5-3-4-6-9/h3-4,9H,5-6H2,1-2H3,(H,12,15)(H,13,14). The van der Waals surface area contributed by atoms with Crippen molar-refractivity contribution in [2.24, 2.45) is 5.92 Å². The molecular weight excluding hydrogens is 190 g/mol. The zero-order valence-electron chi connectivity index (χ0n) is 9.00. The summed E-state index contributed by atoms with van der Waals surface area (Å²) in [6, 6.07) is 0. The van der Waals surface area contributed by atoms with Gasteiger partial charge in [0.1, 0.15) is 0 Å². The molecule has 0 spiro atoms. The van der Waals surface area contributed by atoms with Crippen molar-refractivity contribution in [3.63, 3.8) is 0 Å². The van der Waals surface area contributed by atoms with Crippen molar-refractivity contribution in [2.45, 2.75) is 26.7 Å². The van der Waals surface area contributed by atoms with Gasteiger partial charge in [0, 0.05) is 5.92 Å². The van der Waals surface area contributed by atoms with Crippen LogP contribution in [-0.2, 0) is 4.79 Å². The predicted molar refractivity (Wildman–Crippen MR) is 58.6 cm³/mol. The van der Waals surface area contributed by atoms with Gasteiger partial charge in [0.05, 0.1) is 17.1 Å². The maximum absolute atomic E-state index is 11.8. The highest BCUT2D eigenvalue weighted by atomic mass is 16.1. The minimum absolute atomic E-state index is 0.0904. The first-order chi connectivity index (χ1) is 7.18. The molecule has 0 aromatic carbocycles. The molecule has 0 unspecified atom stereocenters. The Morgan fingerprint density at radius 2 is 2.13 bits per heavy atom. The van der Waals surface area contributed by atoms with Crippen LogP contribution in [0.15, 0.2) is 12.2 Å². The van der Waals surface area contributed by atoms with Crippen LogP contribution < -0.4 is 5.32 Å². The molecule has 1 aromatic rings. The third kappa shape index (κ3) is 1.93. The number of aryl methyl sites for hydroxylation is 2. The van der Waals surface area contributed by atoms with Gasteiger partial charge in [-0.25, -0.2) is 0 Å². The highest BCUT2D eigenvalue weighted by molar-refractivity contribution is 5.94. The molecule has 1 aromatic heterocycles. The molecule has 1 aliphatic rings. The molecule has 0 saturated carbocycles. The van der Waals surface area contributed by atoms with Gasteiger partial charge in [-0.05, 0) is 26.7 Å². The number of nitrogens with one attached hydrogen (secondary N) is 2. The second kappa shape index (κ2) is 3.88. The van der Waals surface area contributed by atoms with Crippen LogP contribution in [0.5, 0.6) is 0 Å². The van der Waals surface area contributed by atoms with Gasteiger partial charge >= 0.3 is 0 Å². The first-order valence-electron chi connectivity index (χ1n) is 5.16. The molecule has 2 rings (SSSR count). The van der Waals surface area contributed by atoms with Crippen LogP contribution in [0.2, 0.25) is 0 Å². The number of hydrogen-bond acceptors (Lipinski definition) is 2. The Balaban J connectivity index is 2.05. The summed E-state index contributed by atoms with van der Waals surface area (Å²) in [7, 11) is 0. The first-order valence-corrected chi connectivity index (χ1v) is 5.16. The van der Waals surface area contributed by atoms with Crippen LogP contribution in [0, 0.1) is 19.8 Å². The normalized spacial score (nSPS) is 15.9. The number of aromatic nitrogens is 2. The van der Waals surface area contributed by atoms with E-state index < -0.39 is 0 Å². The number of allylic oxidation sites excluding steroid dienone is 2. The zero-order chi connectivity index (χ0) is 10.8. The Labute approximate surface area is 88.8 Å². The SMILES string of the molecule is Cc1n[nH]c(C)c1NC(=O)C1CC=CC1. The van der Waals surface area contributed by atoms with Crippen LogP contribution in [0.1, 0.15) is 24.2 Å². The zero-order valence-corrected chi connectivity index (χ0v) is 9.00. The van der Waals surface area contributed by atoms with Crippen LogP contribution in [0.25, 0.3) is 0 Å². The third-order valence-corrected chi connectivity index (χ3v) is 2.75. The number of rotatable bonds is 2. The van der Waals surface area contributed by atoms with Crippen molar-refractivity contribution >= 4 is 11.6 Å². The summed E-state index contributed by atoms with van der Waals surface area (Å²) in [4.78, 5) is 11.8. The van der Waals surface area contributed by atoms with Gasteiger partial charge in [-0.15, -0.1) is 0 Å². The van der Waals surface area contributed by atoms with E-state index in [9.17, 15) is 4.79 Å². The van der Waals surface area contributed by atoms with E-state index in [-0.39, 0.29) is 11.8 Å². The fraction of sp³-hybridized carbons (Fsp3) is 0.455. The van der Waals surface area contributed by atoms with Crippen molar-refractivity contribution in [1.29, 1.82) is 0 Å². The van der Waals surface area contributed by atoms with Crippen LogP contribution >= 0.6 is 0 Å². The van der Waals surface area contributed by atoms with Crippen molar-refractivity contribution in [2.75, 3.05) is 5.32 Å². The highest BCUT2D eigenvalue weighted by Crippen LogP contribution is 2.22. The third-order valence-electron chi connectivity index (χ3n) is 2.75. The number of carbonyl (C=O) groups is 1. The lowest BCUT2D eigenvalue weighted by molar-refractivity contribution is -0.119. The summed E-state index contributed by atoms with van der Waals surface area (Å²) in [6.45, 7) is 3.79. The van der Waals surface area contributed by atoms with E-state index in [0.29, 0.717) is 0 Å². The summed E-state index contributed by atoms with van der Waals surface area (Å²) in [5, 5.41) is 9.82. The molecule has 15 heavy (non-hydrogen) atoms. The number of hydrogen-bond donors (Lipinski definition) is 2. The van der Waals surface area contributed by atoms with Crippen molar-refractivity contribution < 1.29 is 4.79 Å². The quantitative estimate of drug-likeness (QED) is 0.725. The number of aromatic amines is 1. The fourth-order valence-electron chi connectivity index (χ4n) is 1.79. The van der Waals surface area contributed by atoms with Gasteiger partial charge in [-0.1, -0.05) is 12.2 Å². The van der Waals surface area contributed by atoms with Crippen molar-refractivity contribution in [3.8, 4) is 0 Å². The molecule has 0 aliphatic heterocycles. The van der Waals surface area contributed by atoms with E-state index in [1.54, 1.807) is 0 Å². The van der Waals surface area contributed by atoms with Crippen molar-refractivity contribution in [3.05, 3.63) is 23.5 Å². The van der Waals surface area contributed by atoms with Gasteiger partial charge in [0.15, 0.2) is 0 Å². The minimum Gasteiger partial charge on any atom is -0.323 e. The predicted octanol–water partition coefficient (Wildman–Crippen LogP) is 1.93. The molecule has 0 saturated heterocycles. The second-order valence-corrected chi connectivity index (χ2v) is 3.94. The summed E-state index contributed by atoms with van der Waals surface area (Å²) in [6.07, 6.45) is 5.81. The molecule has 0 atom stereocenters. The Morgan fingerprint density at radius 3 is 2.67 bits per heavy atom. The molecule has 80 valence electrons. The average Bonchev–Trinajstić information content (AvgIpc) is 2.82. The maximum Gasteiger partial charge on any atom is 0.228 e. The molecule has 0 radical (unpaired) electrons. The lowest BCUT2D eigenvalue weighted by atomic mass is 10.1. The Morgan fingerprint density at radius 1 is 1.47 bits per heavy atom. The van der Waals surface area contributed by atoms with E-state index in [2.05, 4.69) is 27.7 Å². The molecule has 1 aliphatic carbocycles. The molecule has 4 nitrogen and oxygen atoms in total. The van der Waals surface area contributed by atoms with E-state index in [4.69, 9.17) is 0 Å². The summed E-state index contributed by atoms with van der Waals surface area (Å²) < 4.78 is 0. The molecule has 2 N–H and O–H groups in total. The molecule has 0 bridgehead atoms. The van der Waals surface area contributed by atoms with Crippen LogP contribution in [0.3, 0.4) is 0 Å². The van der Waals surface area contributed by atoms with E-state index in [0.717, 1.165) is 29.9 Å². The van der Waals surface area contributed by atoms with Gasteiger partial charge in [-0.3, -0.25) is 9.89 Å². The molecule has 1 heterocycles. The Hall–Kier alpha value is -1.58.